The van der Waals surface area contributed by atoms with E-state index in [1.165, 1.54) is 75.1 Å². The van der Waals surface area contributed by atoms with Crippen LogP contribution >= 0.6 is 11.3 Å². The van der Waals surface area contributed by atoms with Crippen molar-refractivity contribution in [3.8, 4) is 33.4 Å². The summed E-state index contributed by atoms with van der Waals surface area (Å²) in [6.45, 7) is 0. The van der Waals surface area contributed by atoms with Crippen LogP contribution in [0.5, 0.6) is 0 Å². The third kappa shape index (κ3) is 5.07. The molecule has 0 saturated heterocycles. The second-order valence-electron chi connectivity index (χ2n) is 13.3. The fourth-order valence-electron chi connectivity index (χ4n) is 7.88. The molecule has 0 unspecified atom stereocenters. The molecule has 10 aromatic rings. The summed E-state index contributed by atoms with van der Waals surface area (Å²) in [4.78, 5) is 2.50. The summed E-state index contributed by atoms with van der Waals surface area (Å²) in [5.41, 5.74) is 10.6. The van der Waals surface area contributed by atoms with E-state index < -0.39 is 0 Å². The molecule has 0 spiro atoms. The van der Waals surface area contributed by atoms with E-state index in [4.69, 9.17) is 0 Å². The minimum atomic E-state index is 1.11. The van der Waals surface area contributed by atoms with E-state index in [0.29, 0.717) is 0 Å². The van der Waals surface area contributed by atoms with E-state index in [1.54, 1.807) is 0 Å². The zero-order valence-electron chi connectivity index (χ0n) is 28.4. The van der Waals surface area contributed by atoms with Gasteiger partial charge in [-0.15, -0.1) is 11.3 Å². The Morgan fingerprint density at radius 1 is 0.327 bits per heavy atom. The standard InChI is InChI=1S/C50H33NS/c1-3-16-34(17-4-1)39-31-30-37(33-46(39)35-18-5-2-6-19-35)51(48-32-36-20-7-8-21-38(36)40-22-9-10-23-41(40)48)47-28-13-11-24-42(47)44-26-15-27-45-43-25-12-14-29-49(43)52-50(44)45/h1-33H. The Balaban J connectivity index is 1.29. The normalized spacial score (nSPS) is 11.5. The number of benzene rings is 9. The Morgan fingerprint density at radius 3 is 1.73 bits per heavy atom. The second kappa shape index (κ2) is 12.7. The van der Waals surface area contributed by atoms with Crippen molar-refractivity contribution >= 4 is 70.1 Å². The molecule has 52 heavy (non-hydrogen) atoms. The molecule has 0 aliphatic carbocycles. The zero-order valence-corrected chi connectivity index (χ0v) is 29.2. The molecule has 0 radical (unpaired) electrons. The summed E-state index contributed by atoms with van der Waals surface area (Å²) >= 11 is 1.88. The molecular formula is C50H33NS. The summed E-state index contributed by atoms with van der Waals surface area (Å²) in [6, 6.07) is 73.0. The van der Waals surface area contributed by atoms with Gasteiger partial charge in [0.25, 0.3) is 0 Å². The van der Waals surface area contributed by atoms with Gasteiger partial charge in [0.2, 0.25) is 0 Å². The average molecular weight is 680 g/mol. The summed E-state index contributed by atoms with van der Waals surface area (Å²) < 4.78 is 2.62. The molecule has 2 heteroatoms. The Morgan fingerprint density at radius 2 is 0.923 bits per heavy atom. The van der Waals surface area contributed by atoms with E-state index in [0.717, 1.165) is 17.1 Å². The third-order valence-corrected chi connectivity index (χ3v) is 11.5. The van der Waals surface area contributed by atoms with E-state index in [9.17, 15) is 0 Å². The fraction of sp³-hybridized carbons (Fsp3) is 0. The van der Waals surface area contributed by atoms with Crippen LogP contribution in [-0.2, 0) is 0 Å². The molecule has 0 atom stereocenters. The summed E-state index contributed by atoms with van der Waals surface area (Å²) in [6.07, 6.45) is 0. The van der Waals surface area contributed by atoms with Crippen LogP contribution in [-0.4, -0.2) is 0 Å². The Bertz CT molecular complexity index is 2910. The number of para-hydroxylation sites is 1. The van der Waals surface area contributed by atoms with E-state index >= 15 is 0 Å². The maximum atomic E-state index is 2.50. The van der Waals surface area contributed by atoms with Crippen LogP contribution < -0.4 is 4.90 Å². The first kappa shape index (κ1) is 30.4. The Labute approximate surface area is 307 Å². The van der Waals surface area contributed by atoms with Crippen molar-refractivity contribution in [1.82, 2.24) is 0 Å². The highest BCUT2D eigenvalue weighted by atomic mass is 32.1. The second-order valence-corrected chi connectivity index (χ2v) is 14.3. The van der Waals surface area contributed by atoms with Crippen molar-refractivity contribution in [2.45, 2.75) is 0 Å². The first-order chi connectivity index (χ1) is 25.8. The highest BCUT2D eigenvalue weighted by molar-refractivity contribution is 7.26. The Kier molecular flexibility index (Phi) is 7.41. The maximum Gasteiger partial charge on any atom is 0.0546 e. The topological polar surface area (TPSA) is 3.24 Å². The van der Waals surface area contributed by atoms with Gasteiger partial charge in [-0.1, -0.05) is 170 Å². The number of fused-ring (bicyclic) bond motifs is 6. The molecule has 0 N–H and O–H groups in total. The predicted molar refractivity (Wildman–Crippen MR) is 225 cm³/mol. The lowest BCUT2D eigenvalue weighted by atomic mass is 9.92. The molecule has 244 valence electrons. The highest BCUT2D eigenvalue weighted by Crippen LogP contribution is 2.49. The first-order valence-electron chi connectivity index (χ1n) is 17.8. The molecule has 9 aromatic carbocycles. The maximum absolute atomic E-state index is 2.50. The van der Waals surface area contributed by atoms with Gasteiger partial charge in [0.15, 0.2) is 0 Å². The molecule has 1 nitrogen and oxygen atoms in total. The zero-order chi connectivity index (χ0) is 34.4. The average Bonchev–Trinajstić information content (AvgIpc) is 3.61. The van der Waals surface area contributed by atoms with Crippen LogP contribution in [0.15, 0.2) is 200 Å². The molecule has 0 aliphatic heterocycles. The smallest absolute Gasteiger partial charge is 0.0546 e. The first-order valence-corrected chi connectivity index (χ1v) is 18.6. The van der Waals surface area contributed by atoms with Crippen molar-refractivity contribution in [2.75, 3.05) is 4.90 Å². The van der Waals surface area contributed by atoms with Gasteiger partial charge < -0.3 is 4.90 Å². The molecule has 0 aliphatic rings. The molecule has 1 heterocycles. The van der Waals surface area contributed by atoms with Crippen LogP contribution in [0.4, 0.5) is 17.1 Å². The number of anilines is 3. The lowest BCUT2D eigenvalue weighted by molar-refractivity contribution is 1.30. The minimum Gasteiger partial charge on any atom is -0.309 e. The van der Waals surface area contributed by atoms with Crippen molar-refractivity contribution in [3.63, 3.8) is 0 Å². The fourth-order valence-corrected chi connectivity index (χ4v) is 9.11. The minimum absolute atomic E-state index is 1.11. The molecule has 0 fully saturated rings. The lowest BCUT2D eigenvalue weighted by Gasteiger charge is -2.30. The van der Waals surface area contributed by atoms with E-state index in [1.807, 2.05) is 11.3 Å². The highest BCUT2D eigenvalue weighted by Gasteiger charge is 2.23. The van der Waals surface area contributed by atoms with Gasteiger partial charge in [-0.3, -0.25) is 0 Å². The predicted octanol–water partition coefficient (Wildman–Crippen LogP) is 14.8. The van der Waals surface area contributed by atoms with Crippen LogP contribution in [0.1, 0.15) is 0 Å². The van der Waals surface area contributed by atoms with Crippen molar-refractivity contribution in [1.29, 1.82) is 0 Å². The van der Waals surface area contributed by atoms with Crippen molar-refractivity contribution in [2.24, 2.45) is 0 Å². The quantitative estimate of drug-likeness (QED) is 0.158. The summed E-state index contributed by atoms with van der Waals surface area (Å²) in [5.74, 6) is 0. The van der Waals surface area contributed by atoms with E-state index in [2.05, 4.69) is 205 Å². The summed E-state index contributed by atoms with van der Waals surface area (Å²) in [5, 5.41) is 7.54. The van der Waals surface area contributed by atoms with Gasteiger partial charge in [0.05, 0.1) is 11.4 Å². The Hall–Kier alpha value is -6.48. The van der Waals surface area contributed by atoms with Crippen LogP contribution in [0.25, 0.3) is 75.1 Å². The van der Waals surface area contributed by atoms with Gasteiger partial charge in [0, 0.05) is 42.4 Å². The molecule has 1 aromatic heterocycles. The van der Waals surface area contributed by atoms with Gasteiger partial charge in [-0.2, -0.15) is 0 Å². The van der Waals surface area contributed by atoms with Gasteiger partial charge in [-0.05, 0) is 68.7 Å². The number of hydrogen-bond donors (Lipinski definition) is 0. The van der Waals surface area contributed by atoms with Crippen molar-refractivity contribution < 1.29 is 0 Å². The van der Waals surface area contributed by atoms with Crippen LogP contribution in [0, 0.1) is 0 Å². The lowest BCUT2D eigenvalue weighted by Crippen LogP contribution is -2.12. The molecular weight excluding hydrogens is 647 g/mol. The number of hydrogen-bond acceptors (Lipinski definition) is 2. The van der Waals surface area contributed by atoms with Gasteiger partial charge >= 0.3 is 0 Å². The molecule has 0 amide bonds. The van der Waals surface area contributed by atoms with Gasteiger partial charge in [0.1, 0.15) is 0 Å². The number of thiophene rings is 1. The number of nitrogens with zero attached hydrogens (tertiary/aromatic N) is 1. The molecule has 10 rings (SSSR count). The van der Waals surface area contributed by atoms with E-state index in [-0.39, 0.29) is 0 Å². The molecule has 0 bridgehead atoms. The largest absolute Gasteiger partial charge is 0.309 e. The SMILES string of the molecule is c1ccc(-c2ccc(N(c3ccccc3-c3cccc4c3sc3ccccc34)c3cc4ccccc4c4ccccc34)cc2-c2ccccc2)cc1. The van der Waals surface area contributed by atoms with Crippen molar-refractivity contribution in [3.05, 3.63) is 200 Å². The molecule has 0 saturated carbocycles. The van der Waals surface area contributed by atoms with Crippen LogP contribution in [0.3, 0.4) is 0 Å². The third-order valence-electron chi connectivity index (χ3n) is 10.3. The van der Waals surface area contributed by atoms with Crippen LogP contribution in [0.2, 0.25) is 0 Å². The summed E-state index contributed by atoms with van der Waals surface area (Å²) in [7, 11) is 0. The van der Waals surface area contributed by atoms with Gasteiger partial charge in [-0.25, -0.2) is 0 Å². The number of rotatable bonds is 6. The monoisotopic (exact) mass is 679 g/mol.